The Kier molecular flexibility index (Phi) is 22.3. The Morgan fingerprint density at radius 1 is 1.00 bits per heavy atom. The van der Waals surface area contributed by atoms with Crippen molar-refractivity contribution in [2.75, 3.05) is 0 Å². The van der Waals surface area contributed by atoms with Crippen molar-refractivity contribution in [2.45, 2.75) is 13.8 Å². The predicted octanol–water partition coefficient (Wildman–Crippen LogP) is 2.34. The molecule has 0 spiro atoms. The Bertz CT molecular complexity index is 215. The normalized spacial score (nSPS) is 6.00. The number of carbonyl (C=O) groups excluding carboxylic acids is 2. The maximum absolute atomic E-state index is 9.75. The SMILES string of the molecule is C=C=C.C=COC(C)=O.C=COC(C)=O. The molecule has 4 nitrogen and oxygen atoms in total. The number of hydrogen-bond acceptors (Lipinski definition) is 4. The monoisotopic (exact) mass is 212 g/mol. The van der Waals surface area contributed by atoms with E-state index in [4.69, 9.17) is 0 Å². The summed E-state index contributed by atoms with van der Waals surface area (Å²) < 4.78 is 8.33. The van der Waals surface area contributed by atoms with Gasteiger partial charge < -0.3 is 9.47 Å². The quantitative estimate of drug-likeness (QED) is 0.400. The van der Waals surface area contributed by atoms with E-state index in [2.05, 4.69) is 41.5 Å². The number of hydrogen-bond donors (Lipinski definition) is 0. The zero-order valence-corrected chi connectivity index (χ0v) is 9.12. The van der Waals surface area contributed by atoms with E-state index in [0.29, 0.717) is 0 Å². The highest BCUT2D eigenvalue weighted by Crippen LogP contribution is 1.70. The van der Waals surface area contributed by atoms with Crippen LogP contribution in [0.15, 0.2) is 44.6 Å². The molecule has 0 aromatic heterocycles. The van der Waals surface area contributed by atoms with Gasteiger partial charge in [-0.05, 0) is 0 Å². The summed E-state index contributed by atoms with van der Waals surface area (Å²) in [6.45, 7) is 15.2. The molecule has 0 rings (SSSR count). The topological polar surface area (TPSA) is 52.6 Å². The van der Waals surface area contributed by atoms with Crippen LogP contribution in [-0.2, 0) is 19.1 Å². The fourth-order valence-electron chi connectivity index (χ4n) is 0.235. The molecule has 0 atom stereocenters. The third-order valence-corrected chi connectivity index (χ3v) is 0.499. The van der Waals surface area contributed by atoms with E-state index >= 15 is 0 Å². The Morgan fingerprint density at radius 2 is 1.20 bits per heavy atom. The molecule has 0 aromatic rings. The minimum atomic E-state index is -0.329. The number of ether oxygens (including phenoxy) is 2. The first-order chi connectivity index (χ1) is 6.95. The van der Waals surface area contributed by atoms with Crippen LogP contribution in [0.3, 0.4) is 0 Å². The molecule has 0 fully saturated rings. The van der Waals surface area contributed by atoms with E-state index in [1.165, 1.54) is 13.8 Å². The Balaban J connectivity index is -0.000000153. The second-order valence-electron chi connectivity index (χ2n) is 1.80. The van der Waals surface area contributed by atoms with Gasteiger partial charge in [0, 0.05) is 13.8 Å². The van der Waals surface area contributed by atoms with Crippen LogP contribution < -0.4 is 0 Å². The fraction of sp³-hybridized carbons (Fsp3) is 0.182. The summed E-state index contributed by atoms with van der Waals surface area (Å²) >= 11 is 0. The van der Waals surface area contributed by atoms with Crippen molar-refractivity contribution in [3.05, 3.63) is 44.6 Å². The van der Waals surface area contributed by atoms with Crippen molar-refractivity contribution in [3.8, 4) is 0 Å². The van der Waals surface area contributed by atoms with Crippen molar-refractivity contribution < 1.29 is 19.1 Å². The summed E-state index contributed by atoms with van der Waals surface area (Å²) in [7, 11) is 0. The zero-order valence-electron chi connectivity index (χ0n) is 9.12. The lowest BCUT2D eigenvalue weighted by molar-refractivity contribution is -0.136. The maximum Gasteiger partial charge on any atom is 0.307 e. The Hall–Kier alpha value is -2.06. The van der Waals surface area contributed by atoms with Crippen LogP contribution in [0.5, 0.6) is 0 Å². The third kappa shape index (κ3) is 76.0. The van der Waals surface area contributed by atoms with Crippen LogP contribution in [0.1, 0.15) is 13.8 Å². The van der Waals surface area contributed by atoms with Crippen molar-refractivity contribution in [1.29, 1.82) is 0 Å². The fourth-order valence-corrected chi connectivity index (χ4v) is 0.235. The highest BCUT2D eigenvalue weighted by molar-refractivity contribution is 5.66. The molecule has 0 aliphatic heterocycles. The van der Waals surface area contributed by atoms with E-state index < -0.39 is 0 Å². The van der Waals surface area contributed by atoms with E-state index in [1.807, 2.05) is 0 Å². The maximum atomic E-state index is 9.75. The molecule has 0 bridgehead atoms. The number of rotatable bonds is 2. The van der Waals surface area contributed by atoms with E-state index in [-0.39, 0.29) is 11.9 Å². The van der Waals surface area contributed by atoms with Gasteiger partial charge in [-0.1, -0.05) is 26.3 Å². The zero-order chi connectivity index (χ0) is 12.7. The summed E-state index contributed by atoms with van der Waals surface area (Å²) in [5, 5.41) is 0. The molecule has 0 heterocycles. The molecule has 0 saturated carbocycles. The summed E-state index contributed by atoms with van der Waals surface area (Å²) in [5.74, 6) is -0.657. The smallest absolute Gasteiger partial charge is 0.307 e. The Labute approximate surface area is 90.2 Å². The lowest BCUT2D eigenvalue weighted by Gasteiger charge is -1.83. The molecule has 0 aliphatic carbocycles. The molecule has 0 N–H and O–H groups in total. The molecular formula is C11H16O4. The first-order valence-corrected chi connectivity index (χ1v) is 3.81. The van der Waals surface area contributed by atoms with Gasteiger partial charge in [-0.2, -0.15) is 0 Å². The molecule has 0 radical (unpaired) electrons. The van der Waals surface area contributed by atoms with E-state index in [0.717, 1.165) is 12.5 Å². The molecule has 0 saturated heterocycles. The standard InChI is InChI=1S/2C4H6O2.C3H4/c2*1-3-6-4(2)5;1-3-2/h2*3H,1H2,2H3;1-2H2. The van der Waals surface area contributed by atoms with Crippen molar-refractivity contribution >= 4 is 11.9 Å². The molecule has 0 aliphatic rings. The predicted molar refractivity (Wildman–Crippen MR) is 58.7 cm³/mol. The van der Waals surface area contributed by atoms with Gasteiger partial charge in [0.15, 0.2) is 0 Å². The molecule has 84 valence electrons. The second-order valence-corrected chi connectivity index (χ2v) is 1.80. The highest BCUT2D eigenvalue weighted by Gasteiger charge is 1.79. The lowest BCUT2D eigenvalue weighted by Crippen LogP contribution is -1.87. The number of esters is 2. The van der Waals surface area contributed by atoms with Gasteiger partial charge in [-0.15, -0.1) is 5.73 Å². The van der Waals surface area contributed by atoms with Crippen molar-refractivity contribution in [3.63, 3.8) is 0 Å². The first-order valence-electron chi connectivity index (χ1n) is 3.81. The molecule has 0 unspecified atom stereocenters. The van der Waals surface area contributed by atoms with Crippen LogP contribution >= 0.6 is 0 Å². The van der Waals surface area contributed by atoms with Crippen LogP contribution in [0.2, 0.25) is 0 Å². The van der Waals surface area contributed by atoms with Gasteiger partial charge in [0.2, 0.25) is 0 Å². The van der Waals surface area contributed by atoms with E-state index in [1.54, 1.807) is 0 Å². The van der Waals surface area contributed by atoms with E-state index in [9.17, 15) is 9.59 Å². The average Bonchev–Trinajstić information content (AvgIpc) is 2.05. The summed E-state index contributed by atoms with van der Waals surface area (Å²) in [6.07, 6.45) is 2.20. The molecule has 0 amide bonds. The summed E-state index contributed by atoms with van der Waals surface area (Å²) in [5.41, 5.74) is 2.25. The lowest BCUT2D eigenvalue weighted by atomic mass is 10.8. The van der Waals surface area contributed by atoms with Gasteiger partial charge in [0.05, 0.1) is 12.5 Å². The number of carbonyl (C=O) groups is 2. The molecular weight excluding hydrogens is 196 g/mol. The largest absolute Gasteiger partial charge is 0.435 e. The molecule has 0 aromatic carbocycles. The highest BCUT2D eigenvalue weighted by atomic mass is 16.5. The van der Waals surface area contributed by atoms with Crippen molar-refractivity contribution in [2.24, 2.45) is 0 Å². The third-order valence-electron chi connectivity index (χ3n) is 0.499. The second kappa shape index (κ2) is 17.9. The van der Waals surface area contributed by atoms with Gasteiger partial charge in [0.1, 0.15) is 0 Å². The molecule has 4 heteroatoms. The van der Waals surface area contributed by atoms with Crippen LogP contribution in [0.25, 0.3) is 0 Å². The summed E-state index contributed by atoms with van der Waals surface area (Å²) in [4.78, 5) is 19.5. The first kappa shape index (κ1) is 18.7. The molecule has 15 heavy (non-hydrogen) atoms. The van der Waals surface area contributed by atoms with Gasteiger partial charge in [-0.25, -0.2) is 0 Å². The van der Waals surface area contributed by atoms with Gasteiger partial charge in [0.25, 0.3) is 0 Å². The Morgan fingerprint density at radius 3 is 1.20 bits per heavy atom. The van der Waals surface area contributed by atoms with Crippen LogP contribution in [0, 0.1) is 0 Å². The van der Waals surface area contributed by atoms with Gasteiger partial charge >= 0.3 is 11.9 Å². The van der Waals surface area contributed by atoms with Gasteiger partial charge in [-0.3, -0.25) is 9.59 Å². The summed E-state index contributed by atoms with van der Waals surface area (Å²) in [6, 6.07) is 0. The average molecular weight is 212 g/mol. The van der Waals surface area contributed by atoms with Crippen molar-refractivity contribution in [1.82, 2.24) is 0 Å². The van der Waals surface area contributed by atoms with Crippen LogP contribution in [-0.4, -0.2) is 11.9 Å². The van der Waals surface area contributed by atoms with Crippen LogP contribution in [0.4, 0.5) is 0 Å². The minimum Gasteiger partial charge on any atom is -0.435 e. The minimum absolute atomic E-state index is 0.329.